The van der Waals surface area contributed by atoms with Gasteiger partial charge in [-0.25, -0.2) is 9.59 Å². The number of fused-ring (bicyclic) bond motifs is 5. The van der Waals surface area contributed by atoms with Crippen molar-refractivity contribution in [3.05, 3.63) is 24.3 Å². The Bertz CT molecular complexity index is 746. The molecule has 1 aliphatic carbocycles. The molecular formula is C19H22O8. The lowest BCUT2D eigenvalue weighted by atomic mass is 9.79. The summed E-state index contributed by atoms with van der Waals surface area (Å²) in [5.74, 6) is -1.61. The molecule has 0 unspecified atom stereocenters. The molecule has 1 N–H and O–H groups in total. The van der Waals surface area contributed by atoms with E-state index in [9.17, 15) is 14.7 Å². The van der Waals surface area contributed by atoms with Crippen LogP contribution in [0.25, 0.3) is 0 Å². The van der Waals surface area contributed by atoms with Crippen molar-refractivity contribution in [2.24, 2.45) is 11.8 Å². The molecule has 0 aromatic rings. The van der Waals surface area contributed by atoms with Crippen LogP contribution in [0.4, 0.5) is 0 Å². The summed E-state index contributed by atoms with van der Waals surface area (Å²) in [5, 5.41) is 10.6. The fraction of sp³-hybridized carbons (Fsp3) is 0.684. The van der Waals surface area contributed by atoms with Gasteiger partial charge >= 0.3 is 11.9 Å². The first-order chi connectivity index (χ1) is 12.8. The maximum absolute atomic E-state index is 12.3. The van der Waals surface area contributed by atoms with Gasteiger partial charge in [-0.3, -0.25) is 0 Å². The number of aliphatic hydroxyl groups excluding tert-OH is 1. The van der Waals surface area contributed by atoms with Gasteiger partial charge in [0.2, 0.25) is 0 Å². The van der Waals surface area contributed by atoms with Gasteiger partial charge in [0.05, 0.1) is 24.7 Å². The van der Waals surface area contributed by atoms with Crippen molar-refractivity contribution in [1.82, 2.24) is 0 Å². The number of epoxide rings is 2. The predicted octanol–water partition coefficient (Wildman–Crippen LogP) is 0.236. The molecule has 8 nitrogen and oxygen atoms in total. The SMILES string of the molecule is C=C(C)C(=O)O[C@@H]1C[C@]23O[C@H]2C[C@@H](CO[C@@H]3O)[C@H]2O[C@H]2[C@H]2OC(=O)C(=C)[C@@H]21. The molecule has 0 radical (unpaired) electrons. The summed E-state index contributed by atoms with van der Waals surface area (Å²) in [6.07, 6.45) is -2.32. The van der Waals surface area contributed by atoms with Crippen molar-refractivity contribution in [3.8, 4) is 0 Å². The van der Waals surface area contributed by atoms with Crippen LogP contribution in [-0.2, 0) is 33.3 Å². The minimum absolute atomic E-state index is 0.0433. The quantitative estimate of drug-likeness (QED) is 0.414. The number of carbonyl (C=O) groups is 2. The summed E-state index contributed by atoms with van der Waals surface area (Å²) in [5.41, 5.74) is -0.483. The van der Waals surface area contributed by atoms with Gasteiger partial charge in [0.15, 0.2) is 6.29 Å². The Morgan fingerprint density at radius 3 is 2.85 bits per heavy atom. The second-order valence-electron chi connectivity index (χ2n) is 8.16. The smallest absolute Gasteiger partial charge is 0.334 e. The Balaban J connectivity index is 1.54. The van der Waals surface area contributed by atoms with Crippen molar-refractivity contribution in [3.63, 3.8) is 0 Å². The summed E-state index contributed by atoms with van der Waals surface area (Å²) in [7, 11) is 0. The van der Waals surface area contributed by atoms with E-state index in [-0.39, 0.29) is 41.8 Å². The van der Waals surface area contributed by atoms with E-state index in [1.807, 2.05) is 0 Å². The van der Waals surface area contributed by atoms with Crippen molar-refractivity contribution >= 4 is 11.9 Å². The lowest BCUT2D eigenvalue weighted by molar-refractivity contribution is -0.167. The third kappa shape index (κ3) is 2.51. The molecule has 2 bridgehead atoms. The van der Waals surface area contributed by atoms with E-state index >= 15 is 0 Å². The minimum Gasteiger partial charge on any atom is -0.458 e. The van der Waals surface area contributed by atoms with E-state index in [0.717, 1.165) is 0 Å². The fourth-order valence-electron chi connectivity index (χ4n) is 4.79. The molecule has 5 rings (SSSR count). The van der Waals surface area contributed by atoms with Crippen LogP contribution in [0.5, 0.6) is 0 Å². The van der Waals surface area contributed by atoms with Gasteiger partial charge < -0.3 is 28.8 Å². The molecule has 4 aliphatic heterocycles. The van der Waals surface area contributed by atoms with Gasteiger partial charge in [-0.1, -0.05) is 13.2 Å². The highest BCUT2D eigenvalue weighted by Crippen LogP contribution is 2.56. The second kappa shape index (κ2) is 5.64. The van der Waals surface area contributed by atoms with E-state index in [2.05, 4.69) is 13.2 Å². The highest BCUT2D eigenvalue weighted by atomic mass is 16.7. The van der Waals surface area contributed by atoms with Gasteiger partial charge in [-0.05, 0) is 13.3 Å². The van der Waals surface area contributed by atoms with Crippen LogP contribution < -0.4 is 0 Å². The lowest BCUT2D eigenvalue weighted by Crippen LogP contribution is -2.44. The van der Waals surface area contributed by atoms with Crippen LogP contribution in [0.2, 0.25) is 0 Å². The number of rotatable bonds is 2. The topological polar surface area (TPSA) is 107 Å². The normalized spacial score (nSPS) is 49.9. The molecular weight excluding hydrogens is 356 g/mol. The molecule has 9 atom stereocenters. The van der Waals surface area contributed by atoms with E-state index in [1.165, 1.54) is 0 Å². The third-order valence-electron chi connectivity index (χ3n) is 6.39. The van der Waals surface area contributed by atoms with Gasteiger partial charge in [-0.15, -0.1) is 0 Å². The van der Waals surface area contributed by atoms with Crippen molar-refractivity contribution in [1.29, 1.82) is 0 Å². The Morgan fingerprint density at radius 1 is 1.33 bits per heavy atom. The van der Waals surface area contributed by atoms with Crippen molar-refractivity contribution < 1.29 is 38.4 Å². The lowest BCUT2D eigenvalue weighted by Gasteiger charge is -2.30. The van der Waals surface area contributed by atoms with Crippen LogP contribution in [0.3, 0.4) is 0 Å². The molecule has 0 amide bonds. The molecule has 5 aliphatic rings. The van der Waals surface area contributed by atoms with Crippen molar-refractivity contribution in [2.75, 3.05) is 6.61 Å². The monoisotopic (exact) mass is 378 g/mol. The second-order valence-corrected chi connectivity index (χ2v) is 8.16. The van der Waals surface area contributed by atoms with E-state index in [4.69, 9.17) is 23.7 Å². The molecule has 4 saturated heterocycles. The highest BCUT2D eigenvalue weighted by Gasteiger charge is 2.70. The van der Waals surface area contributed by atoms with E-state index in [0.29, 0.717) is 13.0 Å². The molecule has 5 fully saturated rings. The summed E-state index contributed by atoms with van der Waals surface area (Å²) < 4.78 is 28.6. The standard InChI is InChI=1S/C19H22O8/c1-7(2)16(20)24-10-5-19-11(27-19)4-9(6-23-18(19)22)13-15(25-13)14-12(10)8(3)17(21)26-14/h9-15,18,22H,1,3-6H2,2H3/t9-,10+,11-,12+,13+,14-,15+,18-,19-/m0/s1. The zero-order valence-corrected chi connectivity index (χ0v) is 15.0. The maximum Gasteiger partial charge on any atom is 0.334 e. The molecule has 0 aromatic carbocycles. The van der Waals surface area contributed by atoms with E-state index in [1.54, 1.807) is 6.92 Å². The first-order valence-corrected chi connectivity index (χ1v) is 9.21. The van der Waals surface area contributed by atoms with Crippen molar-refractivity contribution in [2.45, 2.75) is 62.2 Å². The first kappa shape index (κ1) is 17.4. The van der Waals surface area contributed by atoms with Gasteiger partial charge in [-0.2, -0.15) is 0 Å². The summed E-state index contributed by atoms with van der Waals surface area (Å²) in [6.45, 7) is 9.37. The van der Waals surface area contributed by atoms with Crippen LogP contribution in [-0.4, -0.2) is 66.1 Å². The molecule has 8 heteroatoms. The fourth-order valence-corrected chi connectivity index (χ4v) is 4.79. The van der Waals surface area contributed by atoms with E-state index < -0.39 is 42.0 Å². The Morgan fingerprint density at radius 2 is 2.11 bits per heavy atom. The predicted molar refractivity (Wildman–Crippen MR) is 88.2 cm³/mol. The average molecular weight is 378 g/mol. The van der Waals surface area contributed by atoms with Crippen LogP contribution >= 0.6 is 0 Å². The number of hydrogen-bond acceptors (Lipinski definition) is 8. The number of carbonyl (C=O) groups excluding carboxylic acids is 2. The Hall–Kier alpha value is -1.74. The van der Waals surface area contributed by atoms with Crippen LogP contribution in [0.1, 0.15) is 19.8 Å². The Labute approximate surface area is 156 Å². The highest BCUT2D eigenvalue weighted by molar-refractivity contribution is 5.91. The molecule has 27 heavy (non-hydrogen) atoms. The average Bonchev–Trinajstić information content (AvgIpc) is 3.49. The largest absolute Gasteiger partial charge is 0.458 e. The summed E-state index contributed by atoms with van der Waals surface area (Å²) in [4.78, 5) is 24.5. The third-order valence-corrected chi connectivity index (χ3v) is 6.39. The first-order valence-electron chi connectivity index (χ1n) is 9.21. The van der Waals surface area contributed by atoms with Gasteiger partial charge in [0.25, 0.3) is 0 Å². The zero-order valence-electron chi connectivity index (χ0n) is 15.0. The number of hydrogen-bond donors (Lipinski definition) is 1. The number of esters is 2. The van der Waals surface area contributed by atoms with Crippen LogP contribution in [0, 0.1) is 11.8 Å². The molecule has 146 valence electrons. The van der Waals surface area contributed by atoms with Crippen LogP contribution in [0.15, 0.2) is 24.3 Å². The molecule has 4 heterocycles. The molecule has 0 aromatic heterocycles. The van der Waals surface area contributed by atoms with Gasteiger partial charge in [0.1, 0.15) is 23.9 Å². The molecule has 0 spiro atoms. The maximum atomic E-state index is 12.3. The number of aliphatic hydroxyl groups is 1. The number of ether oxygens (including phenoxy) is 5. The van der Waals surface area contributed by atoms with Gasteiger partial charge in [0, 0.05) is 23.5 Å². The minimum atomic E-state index is -1.14. The Kier molecular flexibility index (Phi) is 3.62. The summed E-state index contributed by atoms with van der Waals surface area (Å²) >= 11 is 0. The zero-order chi connectivity index (χ0) is 19.1. The molecule has 1 saturated carbocycles. The summed E-state index contributed by atoms with van der Waals surface area (Å²) in [6, 6.07) is 0.